The molecule has 0 spiro atoms. The molecule has 0 saturated carbocycles. The highest BCUT2D eigenvalue weighted by molar-refractivity contribution is 5.86. The predicted octanol–water partition coefficient (Wildman–Crippen LogP) is 8.20. The van der Waals surface area contributed by atoms with Gasteiger partial charge in [0.15, 0.2) is 0 Å². The summed E-state index contributed by atoms with van der Waals surface area (Å²) in [7, 11) is 0. The summed E-state index contributed by atoms with van der Waals surface area (Å²) < 4.78 is 10.9. The smallest absolute Gasteiger partial charge is 0.333 e. The van der Waals surface area contributed by atoms with Crippen LogP contribution in [0.3, 0.4) is 0 Å². The summed E-state index contributed by atoms with van der Waals surface area (Å²) in [6, 6.07) is 14.0. The summed E-state index contributed by atoms with van der Waals surface area (Å²) in [5, 5.41) is 8.74. The molecule has 5 nitrogen and oxygen atoms in total. The Morgan fingerprint density at radius 2 is 1.55 bits per heavy atom. The summed E-state index contributed by atoms with van der Waals surface area (Å²) in [4.78, 5) is 11.3. The number of hydrogen-bond acceptors (Lipinski definition) is 5. The quantitative estimate of drug-likeness (QED) is 0.119. The number of hydrogen-bond donors (Lipinski definition) is 0. The van der Waals surface area contributed by atoms with E-state index in [1.807, 2.05) is 30.3 Å². The molecule has 0 aliphatic carbocycles. The van der Waals surface area contributed by atoms with Gasteiger partial charge in [-0.3, -0.25) is 0 Å². The van der Waals surface area contributed by atoms with Crippen molar-refractivity contribution in [3.05, 3.63) is 65.7 Å². The zero-order valence-corrected chi connectivity index (χ0v) is 20.4. The Morgan fingerprint density at radius 1 is 0.879 bits per heavy atom. The van der Waals surface area contributed by atoms with Crippen LogP contribution in [0.5, 0.6) is 5.75 Å². The van der Waals surface area contributed by atoms with Gasteiger partial charge in [-0.05, 0) is 87.1 Å². The van der Waals surface area contributed by atoms with Crippen LogP contribution in [-0.4, -0.2) is 19.2 Å². The molecule has 0 heterocycles. The van der Waals surface area contributed by atoms with E-state index in [2.05, 4.69) is 42.8 Å². The van der Waals surface area contributed by atoms with Gasteiger partial charge >= 0.3 is 5.97 Å². The van der Waals surface area contributed by atoms with Gasteiger partial charge in [-0.1, -0.05) is 45.3 Å². The minimum absolute atomic E-state index is 0.299. The van der Waals surface area contributed by atoms with Gasteiger partial charge in [0, 0.05) is 5.57 Å². The average molecular weight is 451 g/mol. The van der Waals surface area contributed by atoms with E-state index in [1.165, 1.54) is 24.0 Å². The monoisotopic (exact) mass is 450 g/mol. The highest BCUT2D eigenvalue weighted by Crippen LogP contribution is 2.24. The van der Waals surface area contributed by atoms with Crippen LogP contribution in [-0.2, 0) is 16.0 Å². The van der Waals surface area contributed by atoms with Crippen molar-refractivity contribution in [1.29, 1.82) is 0 Å². The minimum Gasteiger partial charge on any atom is -0.494 e. The first-order valence-electron chi connectivity index (χ1n) is 12.1. The number of benzene rings is 2. The number of nitrogens with zero attached hydrogens (tertiary/aromatic N) is 2. The lowest BCUT2D eigenvalue weighted by Crippen LogP contribution is -2.06. The summed E-state index contributed by atoms with van der Waals surface area (Å²) in [5.74, 6) is 0.574. The molecular weight excluding hydrogens is 412 g/mol. The Labute approximate surface area is 198 Å². The average Bonchev–Trinajstić information content (AvgIpc) is 2.81. The van der Waals surface area contributed by atoms with Crippen molar-refractivity contribution < 1.29 is 14.3 Å². The largest absolute Gasteiger partial charge is 0.494 e. The fourth-order valence-corrected chi connectivity index (χ4v) is 3.35. The Hall–Kier alpha value is -2.95. The summed E-state index contributed by atoms with van der Waals surface area (Å²) in [5.41, 5.74) is 4.70. The highest BCUT2D eigenvalue weighted by atomic mass is 16.5. The highest BCUT2D eigenvalue weighted by Gasteiger charge is 2.03. The first kappa shape index (κ1) is 26.3. The summed E-state index contributed by atoms with van der Waals surface area (Å²) in [6.45, 7) is 10.8. The topological polar surface area (TPSA) is 60.2 Å². The molecule has 0 radical (unpaired) electrons. The first-order chi connectivity index (χ1) is 16.0. The molecule has 0 N–H and O–H groups in total. The second-order valence-corrected chi connectivity index (χ2v) is 8.44. The Morgan fingerprint density at radius 3 is 2.24 bits per heavy atom. The molecule has 0 atom stereocenters. The molecule has 2 aromatic rings. The van der Waals surface area contributed by atoms with E-state index in [9.17, 15) is 4.79 Å². The van der Waals surface area contributed by atoms with Gasteiger partial charge in [0.25, 0.3) is 0 Å². The van der Waals surface area contributed by atoms with Crippen LogP contribution in [0.4, 0.5) is 11.4 Å². The third-order valence-corrected chi connectivity index (χ3v) is 5.38. The van der Waals surface area contributed by atoms with Crippen LogP contribution in [0.1, 0.15) is 69.9 Å². The van der Waals surface area contributed by atoms with Crippen LogP contribution in [0.15, 0.2) is 64.8 Å². The van der Waals surface area contributed by atoms with Crippen LogP contribution in [0.25, 0.3) is 0 Å². The molecule has 0 amide bonds. The fraction of sp³-hybridized carbons (Fsp3) is 0.464. The maximum atomic E-state index is 11.3. The van der Waals surface area contributed by atoms with Crippen LogP contribution in [0.2, 0.25) is 0 Å². The number of carbonyl (C=O) groups is 1. The predicted molar refractivity (Wildman–Crippen MR) is 135 cm³/mol. The van der Waals surface area contributed by atoms with Crippen LogP contribution < -0.4 is 4.74 Å². The number of aryl methyl sites for hydroxylation is 2. The summed E-state index contributed by atoms with van der Waals surface area (Å²) in [6.07, 6.45) is 8.68. The lowest BCUT2D eigenvalue weighted by molar-refractivity contribution is -0.139. The molecular formula is C28H38N2O3. The van der Waals surface area contributed by atoms with Gasteiger partial charge in [-0.15, -0.1) is 0 Å². The van der Waals surface area contributed by atoms with E-state index in [-0.39, 0.29) is 5.97 Å². The normalized spacial score (nSPS) is 11.0. The van der Waals surface area contributed by atoms with Crippen molar-refractivity contribution in [3.63, 3.8) is 0 Å². The zero-order chi connectivity index (χ0) is 23.9. The first-order valence-corrected chi connectivity index (χ1v) is 12.1. The fourth-order valence-electron chi connectivity index (χ4n) is 3.35. The van der Waals surface area contributed by atoms with E-state index in [1.54, 1.807) is 6.92 Å². The minimum atomic E-state index is -0.299. The van der Waals surface area contributed by atoms with Crippen molar-refractivity contribution in [2.24, 2.45) is 10.2 Å². The summed E-state index contributed by atoms with van der Waals surface area (Å²) >= 11 is 0. The van der Waals surface area contributed by atoms with E-state index < -0.39 is 0 Å². The van der Waals surface area contributed by atoms with E-state index in [4.69, 9.17) is 9.47 Å². The molecule has 0 unspecified atom stereocenters. The molecule has 178 valence electrons. The standard InChI is InChI=1S/C28H38N2O3/c1-5-6-10-19-32-27-17-15-25(16-18-27)29-30-26-14-13-24(23(4)21-26)12-9-7-8-11-20-33-28(31)22(2)3/h13-18,21H,2,5-12,19-20H2,1,3-4H3. The molecule has 2 rings (SSSR count). The van der Waals surface area contributed by atoms with E-state index >= 15 is 0 Å². The van der Waals surface area contributed by atoms with Crippen LogP contribution >= 0.6 is 0 Å². The van der Waals surface area contributed by atoms with Gasteiger partial charge in [-0.2, -0.15) is 10.2 Å². The number of rotatable bonds is 15. The van der Waals surface area contributed by atoms with Gasteiger partial charge in [0.1, 0.15) is 5.75 Å². The van der Waals surface area contributed by atoms with Crippen molar-refractivity contribution >= 4 is 17.3 Å². The van der Waals surface area contributed by atoms with E-state index in [0.717, 1.165) is 62.3 Å². The molecule has 0 aliphatic rings. The lowest BCUT2D eigenvalue weighted by Gasteiger charge is -2.07. The SMILES string of the molecule is C=C(C)C(=O)OCCCCCCc1ccc(N=Nc2ccc(OCCCCC)cc2)cc1C. The Bertz CT molecular complexity index is 904. The molecule has 5 heteroatoms. The van der Waals surface area contributed by atoms with Gasteiger partial charge < -0.3 is 9.47 Å². The number of carbonyl (C=O) groups excluding carboxylic acids is 1. The third-order valence-electron chi connectivity index (χ3n) is 5.38. The molecule has 0 aliphatic heterocycles. The molecule has 0 aromatic heterocycles. The zero-order valence-electron chi connectivity index (χ0n) is 20.4. The maximum absolute atomic E-state index is 11.3. The molecule has 0 bridgehead atoms. The van der Waals surface area contributed by atoms with Crippen molar-refractivity contribution in [3.8, 4) is 5.75 Å². The van der Waals surface area contributed by atoms with E-state index in [0.29, 0.717) is 12.2 Å². The number of ether oxygens (including phenoxy) is 2. The number of unbranched alkanes of at least 4 members (excludes halogenated alkanes) is 5. The van der Waals surface area contributed by atoms with Gasteiger partial charge in [-0.25, -0.2) is 4.79 Å². The van der Waals surface area contributed by atoms with Crippen LogP contribution in [0, 0.1) is 6.92 Å². The van der Waals surface area contributed by atoms with Gasteiger partial charge in [0.2, 0.25) is 0 Å². The Balaban J connectivity index is 1.72. The number of azo groups is 1. The lowest BCUT2D eigenvalue weighted by atomic mass is 10.0. The molecule has 0 saturated heterocycles. The maximum Gasteiger partial charge on any atom is 0.333 e. The molecule has 0 fully saturated rings. The molecule has 33 heavy (non-hydrogen) atoms. The second kappa shape index (κ2) is 15.0. The van der Waals surface area contributed by atoms with Gasteiger partial charge in [0.05, 0.1) is 24.6 Å². The van der Waals surface area contributed by atoms with Crippen molar-refractivity contribution in [2.45, 2.75) is 72.1 Å². The van der Waals surface area contributed by atoms with Crippen molar-refractivity contribution in [1.82, 2.24) is 0 Å². The molecule has 2 aromatic carbocycles. The second-order valence-electron chi connectivity index (χ2n) is 8.44. The number of esters is 1. The van der Waals surface area contributed by atoms with Crippen molar-refractivity contribution in [2.75, 3.05) is 13.2 Å². The third kappa shape index (κ3) is 10.5. The Kier molecular flexibility index (Phi) is 11.9.